The number of nitrogens with one attached hydrogen (secondary N) is 1. The molecule has 1 unspecified atom stereocenters. The maximum atomic E-state index is 3.60. The van der Waals surface area contributed by atoms with Gasteiger partial charge in [-0.3, -0.25) is 0 Å². The van der Waals surface area contributed by atoms with Crippen LogP contribution in [0.3, 0.4) is 0 Å². The van der Waals surface area contributed by atoms with Gasteiger partial charge in [0.15, 0.2) is 0 Å². The normalized spacial score (nSPS) is 18.1. The van der Waals surface area contributed by atoms with Gasteiger partial charge in [0.1, 0.15) is 0 Å². The zero-order valence-corrected chi connectivity index (χ0v) is 12.4. The molecule has 0 aliphatic heterocycles. The van der Waals surface area contributed by atoms with Crippen LogP contribution in [-0.2, 0) is 0 Å². The fraction of sp³-hybridized carbons (Fsp3) is 0.625. The predicted molar refractivity (Wildman–Crippen MR) is 81.3 cm³/mol. The van der Waals surface area contributed by atoms with Crippen molar-refractivity contribution in [2.24, 2.45) is 0 Å². The first-order chi connectivity index (χ1) is 8.81. The molecule has 1 saturated carbocycles. The maximum absolute atomic E-state index is 3.60. The summed E-state index contributed by atoms with van der Waals surface area (Å²) < 4.78 is 0. The molecule has 1 atom stereocenters. The van der Waals surface area contributed by atoms with E-state index in [-0.39, 0.29) is 0 Å². The molecule has 1 nitrogen and oxygen atoms in total. The van der Waals surface area contributed by atoms with Crippen molar-refractivity contribution in [1.29, 1.82) is 0 Å². The average Bonchev–Trinajstić information content (AvgIpc) is 2.89. The van der Waals surface area contributed by atoms with Crippen molar-refractivity contribution < 1.29 is 0 Å². The van der Waals surface area contributed by atoms with Crippen LogP contribution in [-0.4, -0.2) is 11.8 Å². The van der Waals surface area contributed by atoms with E-state index in [0.29, 0.717) is 6.04 Å². The number of thioether (sulfide) groups is 1. The molecule has 1 fully saturated rings. The predicted octanol–water partition coefficient (Wildman–Crippen LogP) is 4.78. The fourth-order valence-corrected chi connectivity index (χ4v) is 4.07. The van der Waals surface area contributed by atoms with E-state index in [2.05, 4.69) is 55.2 Å². The van der Waals surface area contributed by atoms with Crippen molar-refractivity contribution >= 4 is 11.8 Å². The summed E-state index contributed by atoms with van der Waals surface area (Å²) in [5.74, 6) is 0. The van der Waals surface area contributed by atoms with Crippen LogP contribution in [0.5, 0.6) is 0 Å². The van der Waals surface area contributed by atoms with Crippen LogP contribution in [0.15, 0.2) is 29.2 Å². The van der Waals surface area contributed by atoms with Gasteiger partial charge in [-0.25, -0.2) is 0 Å². The summed E-state index contributed by atoms with van der Waals surface area (Å²) in [5, 5.41) is 4.45. The van der Waals surface area contributed by atoms with Gasteiger partial charge in [0, 0.05) is 16.2 Å². The standard InChI is InChI=1S/C16H25NS/c1-3-12-17-13(2)15-10-6-7-11-16(15)18-14-8-4-5-9-14/h6-7,10-11,13-14,17H,3-5,8-9,12H2,1-2H3. The average molecular weight is 263 g/mol. The highest BCUT2D eigenvalue weighted by molar-refractivity contribution is 8.00. The van der Waals surface area contributed by atoms with Crippen molar-refractivity contribution in [2.75, 3.05) is 6.54 Å². The second-order valence-corrected chi connectivity index (χ2v) is 6.58. The molecule has 1 aromatic rings. The van der Waals surface area contributed by atoms with E-state index in [0.717, 1.165) is 11.8 Å². The molecule has 100 valence electrons. The summed E-state index contributed by atoms with van der Waals surface area (Å²) >= 11 is 2.10. The molecule has 0 spiro atoms. The summed E-state index contributed by atoms with van der Waals surface area (Å²) in [6.45, 7) is 5.60. The molecular formula is C16H25NS. The minimum absolute atomic E-state index is 0.468. The number of benzene rings is 1. The lowest BCUT2D eigenvalue weighted by Crippen LogP contribution is -2.20. The van der Waals surface area contributed by atoms with Crippen LogP contribution >= 0.6 is 11.8 Å². The van der Waals surface area contributed by atoms with Gasteiger partial charge < -0.3 is 5.32 Å². The Morgan fingerprint density at radius 2 is 2.00 bits per heavy atom. The Hall–Kier alpha value is -0.470. The Morgan fingerprint density at radius 1 is 1.28 bits per heavy atom. The molecular weight excluding hydrogens is 238 g/mol. The zero-order chi connectivity index (χ0) is 12.8. The van der Waals surface area contributed by atoms with Crippen molar-refractivity contribution in [3.8, 4) is 0 Å². The van der Waals surface area contributed by atoms with Gasteiger partial charge >= 0.3 is 0 Å². The first kappa shape index (κ1) is 14.0. The number of hydrogen-bond donors (Lipinski definition) is 1. The maximum Gasteiger partial charge on any atom is 0.0302 e. The Kier molecular flexibility index (Phi) is 5.58. The lowest BCUT2D eigenvalue weighted by atomic mass is 10.1. The Morgan fingerprint density at radius 3 is 2.72 bits per heavy atom. The van der Waals surface area contributed by atoms with E-state index in [1.807, 2.05) is 0 Å². The molecule has 1 aliphatic carbocycles. The quantitative estimate of drug-likeness (QED) is 0.792. The highest BCUT2D eigenvalue weighted by atomic mass is 32.2. The molecule has 0 radical (unpaired) electrons. The van der Waals surface area contributed by atoms with Crippen LogP contribution in [0.4, 0.5) is 0 Å². The minimum atomic E-state index is 0.468. The molecule has 1 aromatic carbocycles. The van der Waals surface area contributed by atoms with Crippen molar-refractivity contribution in [3.63, 3.8) is 0 Å². The van der Waals surface area contributed by atoms with Crippen LogP contribution in [0, 0.1) is 0 Å². The summed E-state index contributed by atoms with van der Waals surface area (Å²) in [6, 6.07) is 9.38. The monoisotopic (exact) mass is 263 g/mol. The summed E-state index contributed by atoms with van der Waals surface area (Å²) in [5.41, 5.74) is 1.47. The summed E-state index contributed by atoms with van der Waals surface area (Å²) in [6.07, 6.45) is 6.83. The fourth-order valence-electron chi connectivity index (χ4n) is 2.60. The van der Waals surface area contributed by atoms with E-state index in [1.54, 1.807) is 0 Å². The van der Waals surface area contributed by atoms with Gasteiger partial charge in [-0.2, -0.15) is 0 Å². The van der Waals surface area contributed by atoms with Crippen LogP contribution in [0.1, 0.15) is 57.6 Å². The van der Waals surface area contributed by atoms with Gasteiger partial charge in [-0.05, 0) is 44.4 Å². The van der Waals surface area contributed by atoms with Crippen LogP contribution in [0.25, 0.3) is 0 Å². The second kappa shape index (κ2) is 7.20. The van der Waals surface area contributed by atoms with Crippen molar-refractivity contribution in [1.82, 2.24) is 5.32 Å². The SMILES string of the molecule is CCCNC(C)c1ccccc1SC1CCCC1. The van der Waals surface area contributed by atoms with Crippen LogP contribution in [0.2, 0.25) is 0 Å². The molecule has 2 heteroatoms. The van der Waals surface area contributed by atoms with Crippen molar-refractivity contribution in [3.05, 3.63) is 29.8 Å². The molecule has 1 aliphatic rings. The Labute approximate surface area is 116 Å². The highest BCUT2D eigenvalue weighted by Gasteiger charge is 2.18. The zero-order valence-electron chi connectivity index (χ0n) is 11.6. The smallest absolute Gasteiger partial charge is 0.0302 e. The number of hydrogen-bond acceptors (Lipinski definition) is 2. The molecule has 0 heterocycles. The van der Waals surface area contributed by atoms with E-state index < -0.39 is 0 Å². The minimum Gasteiger partial charge on any atom is -0.310 e. The lowest BCUT2D eigenvalue weighted by Gasteiger charge is -2.19. The molecule has 18 heavy (non-hydrogen) atoms. The third-order valence-electron chi connectivity index (χ3n) is 3.68. The van der Waals surface area contributed by atoms with Gasteiger partial charge in [-0.15, -0.1) is 11.8 Å². The molecule has 0 saturated heterocycles. The third-order valence-corrected chi connectivity index (χ3v) is 5.11. The summed E-state index contributed by atoms with van der Waals surface area (Å²) in [7, 11) is 0. The molecule has 1 N–H and O–H groups in total. The number of rotatable bonds is 6. The van der Waals surface area contributed by atoms with Gasteiger partial charge in [-0.1, -0.05) is 38.0 Å². The first-order valence-corrected chi connectivity index (χ1v) is 8.18. The van der Waals surface area contributed by atoms with Gasteiger partial charge in [0.25, 0.3) is 0 Å². The molecule has 2 rings (SSSR count). The van der Waals surface area contributed by atoms with Gasteiger partial charge in [0.2, 0.25) is 0 Å². The largest absolute Gasteiger partial charge is 0.310 e. The third kappa shape index (κ3) is 3.76. The van der Waals surface area contributed by atoms with E-state index in [9.17, 15) is 0 Å². The highest BCUT2D eigenvalue weighted by Crippen LogP contribution is 2.37. The Balaban J connectivity index is 2.04. The first-order valence-electron chi connectivity index (χ1n) is 7.30. The van der Waals surface area contributed by atoms with Crippen molar-refractivity contribution in [2.45, 2.75) is 62.1 Å². The van der Waals surface area contributed by atoms with Gasteiger partial charge in [0.05, 0.1) is 0 Å². The van der Waals surface area contributed by atoms with E-state index >= 15 is 0 Å². The van der Waals surface area contributed by atoms with E-state index in [1.165, 1.54) is 42.6 Å². The van der Waals surface area contributed by atoms with Crippen LogP contribution < -0.4 is 5.32 Å². The lowest BCUT2D eigenvalue weighted by molar-refractivity contribution is 0.563. The molecule has 0 amide bonds. The Bertz CT molecular complexity index is 358. The second-order valence-electron chi connectivity index (χ2n) is 5.24. The molecule has 0 aromatic heterocycles. The molecule has 0 bridgehead atoms. The summed E-state index contributed by atoms with van der Waals surface area (Å²) in [4.78, 5) is 1.49. The van der Waals surface area contributed by atoms with E-state index in [4.69, 9.17) is 0 Å². The topological polar surface area (TPSA) is 12.0 Å².